The fourth-order valence-corrected chi connectivity index (χ4v) is 2.01. The Labute approximate surface area is 112 Å². The Kier molecular flexibility index (Phi) is 2.93. The van der Waals surface area contributed by atoms with Crippen molar-refractivity contribution in [3.8, 4) is 0 Å². The highest BCUT2D eigenvalue weighted by atomic mass is 19.4. The third-order valence-corrected chi connectivity index (χ3v) is 3.02. The minimum atomic E-state index is -4.37. The molecule has 3 nitrogen and oxygen atoms in total. The topological polar surface area (TPSA) is 30.7 Å². The fourth-order valence-electron chi connectivity index (χ4n) is 2.01. The van der Waals surface area contributed by atoms with E-state index in [1.807, 2.05) is 30.3 Å². The van der Waals surface area contributed by atoms with Gasteiger partial charge in [-0.2, -0.15) is 13.2 Å². The molecule has 0 bridgehead atoms. The summed E-state index contributed by atoms with van der Waals surface area (Å²) in [6.45, 7) is 0.388. The van der Waals surface area contributed by atoms with Crippen molar-refractivity contribution in [2.75, 3.05) is 0 Å². The highest BCUT2D eigenvalue weighted by Gasteiger charge is 2.31. The molecule has 0 unspecified atom stereocenters. The van der Waals surface area contributed by atoms with Gasteiger partial charge in [-0.1, -0.05) is 35.5 Å². The predicted molar refractivity (Wildman–Crippen MR) is 68.1 cm³/mol. The van der Waals surface area contributed by atoms with Crippen LogP contribution in [0.1, 0.15) is 11.1 Å². The Morgan fingerprint density at radius 2 is 1.75 bits per heavy atom. The third kappa shape index (κ3) is 2.36. The van der Waals surface area contributed by atoms with E-state index in [0.29, 0.717) is 17.6 Å². The second-order valence-electron chi connectivity index (χ2n) is 4.43. The molecule has 102 valence electrons. The first-order valence-corrected chi connectivity index (χ1v) is 5.98. The van der Waals surface area contributed by atoms with Crippen molar-refractivity contribution < 1.29 is 13.2 Å². The SMILES string of the molecule is FC(F)(F)c1ccc2nnn(Cc3ccccc3)c2c1. The van der Waals surface area contributed by atoms with Gasteiger partial charge in [0.1, 0.15) is 5.52 Å². The lowest BCUT2D eigenvalue weighted by molar-refractivity contribution is -0.137. The predicted octanol–water partition coefficient (Wildman–Crippen LogP) is 3.50. The normalized spacial score (nSPS) is 11.9. The van der Waals surface area contributed by atoms with Crippen LogP contribution in [0.4, 0.5) is 13.2 Å². The van der Waals surface area contributed by atoms with Gasteiger partial charge in [0.05, 0.1) is 17.6 Å². The first-order valence-electron chi connectivity index (χ1n) is 5.98. The molecule has 0 amide bonds. The summed E-state index contributed by atoms with van der Waals surface area (Å²) in [5.74, 6) is 0. The second-order valence-corrected chi connectivity index (χ2v) is 4.43. The molecule has 3 aromatic rings. The molecular weight excluding hydrogens is 267 g/mol. The zero-order valence-electron chi connectivity index (χ0n) is 10.3. The van der Waals surface area contributed by atoms with Gasteiger partial charge in [0.2, 0.25) is 0 Å². The minimum absolute atomic E-state index is 0.378. The molecule has 0 saturated heterocycles. The molecule has 0 fully saturated rings. The number of hydrogen-bond donors (Lipinski definition) is 0. The molecule has 20 heavy (non-hydrogen) atoms. The number of rotatable bonds is 2. The van der Waals surface area contributed by atoms with Crippen molar-refractivity contribution in [1.29, 1.82) is 0 Å². The van der Waals surface area contributed by atoms with Gasteiger partial charge >= 0.3 is 6.18 Å². The summed E-state index contributed by atoms with van der Waals surface area (Å²) in [6, 6.07) is 12.8. The molecule has 0 radical (unpaired) electrons. The van der Waals surface area contributed by atoms with Gasteiger partial charge < -0.3 is 0 Å². The first kappa shape index (κ1) is 12.7. The molecule has 1 heterocycles. The van der Waals surface area contributed by atoms with E-state index in [0.717, 1.165) is 17.7 Å². The Hall–Kier alpha value is -2.37. The summed E-state index contributed by atoms with van der Waals surface area (Å²) in [5.41, 5.74) is 1.09. The summed E-state index contributed by atoms with van der Waals surface area (Å²) in [4.78, 5) is 0. The average Bonchev–Trinajstić information content (AvgIpc) is 2.82. The maximum atomic E-state index is 12.7. The highest BCUT2D eigenvalue weighted by Crippen LogP contribution is 2.31. The largest absolute Gasteiger partial charge is 0.416 e. The van der Waals surface area contributed by atoms with Gasteiger partial charge in [-0.05, 0) is 23.8 Å². The molecule has 0 spiro atoms. The lowest BCUT2D eigenvalue weighted by atomic mass is 10.2. The molecule has 0 saturated carbocycles. The van der Waals surface area contributed by atoms with E-state index < -0.39 is 11.7 Å². The molecule has 2 aromatic carbocycles. The van der Waals surface area contributed by atoms with Crippen LogP contribution >= 0.6 is 0 Å². The van der Waals surface area contributed by atoms with Crippen LogP contribution in [0.15, 0.2) is 48.5 Å². The summed E-state index contributed by atoms with van der Waals surface area (Å²) < 4.78 is 39.7. The van der Waals surface area contributed by atoms with E-state index in [1.54, 1.807) is 0 Å². The van der Waals surface area contributed by atoms with Crippen LogP contribution in [0.2, 0.25) is 0 Å². The zero-order valence-corrected chi connectivity index (χ0v) is 10.3. The Morgan fingerprint density at radius 3 is 2.45 bits per heavy atom. The van der Waals surface area contributed by atoms with Crippen LogP contribution in [0.5, 0.6) is 0 Å². The van der Waals surface area contributed by atoms with Crippen molar-refractivity contribution in [2.24, 2.45) is 0 Å². The lowest BCUT2D eigenvalue weighted by Gasteiger charge is -2.07. The molecule has 0 aliphatic heterocycles. The van der Waals surface area contributed by atoms with Crippen molar-refractivity contribution in [3.05, 3.63) is 59.7 Å². The summed E-state index contributed by atoms with van der Waals surface area (Å²) in [7, 11) is 0. The fraction of sp³-hybridized carbons (Fsp3) is 0.143. The smallest absolute Gasteiger partial charge is 0.240 e. The van der Waals surface area contributed by atoms with E-state index in [2.05, 4.69) is 10.3 Å². The molecule has 1 aromatic heterocycles. The van der Waals surface area contributed by atoms with Gasteiger partial charge in [-0.3, -0.25) is 0 Å². The summed E-state index contributed by atoms with van der Waals surface area (Å²) >= 11 is 0. The number of benzene rings is 2. The molecule has 0 N–H and O–H groups in total. The summed E-state index contributed by atoms with van der Waals surface area (Å²) in [6.07, 6.45) is -4.37. The number of aromatic nitrogens is 3. The number of fused-ring (bicyclic) bond motifs is 1. The second kappa shape index (κ2) is 4.63. The van der Waals surface area contributed by atoms with Crippen LogP contribution in [-0.4, -0.2) is 15.0 Å². The van der Waals surface area contributed by atoms with Gasteiger partial charge in [0.25, 0.3) is 0 Å². The number of hydrogen-bond acceptors (Lipinski definition) is 2. The van der Waals surface area contributed by atoms with Crippen LogP contribution < -0.4 is 0 Å². The van der Waals surface area contributed by atoms with Gasteiger partial charge in [0, 0.05) is 0 Å². The van der Waals surface area contributed by atoms with E-state index in [-0.39, 0.29) is 0 Å². The van der Waals surface area contributed by atoms with E-state index in [9.17, 15) is 13.2 Å². The van der Waals surface area contributed by atoms with Gasteiger partial charge in [-0.25, -0.2) is 4.68 Å². The van der Waals surface area contributed by atoms with Gasteiger partial charge in [-0.15, -0.1) is 5.10 Å². The highest BCUT2D eigenvalue weighted by molar-refractivity contribution is 5.75. The molecular formula is C14H10F3N3. The van der Waals surface area contributed by atoms with Crippen molar-refractivity contribution in [2.45, 2.75) is 12.7 Å². The van der Waals surface area contributed by atoms with Crippen LogP contribution in [0.25, 0.3) is 11.0 Å². The first-order chi connectivity index (χ1) is 9.54. The molecule has 0 aliphatic rings. The Morgan fingerprint density at radius 1 is 1.00 bits per heavy atom. The van der Waals surface area contributed by atoms with E-state index in [4.69, 9.17) is 0 Å². The van der Waals surface area contributed by atoms with Crippen molar-refractivity contribution in [1.82, 2.24) is 15.0 Å². The Balaban J connectivity index is 2.03. The summed E-state index contributed by atoms with van der Waals surface area (Å²) in [5, 5.41) is 7.80. The van der Waals surface area contributed by atoms with E-state index >= 15 is 0 Å². The van der Waals surface area contributed by atoms with Gasteiger partial charge in [0.15, 0.2) is 0 Å². The van der Waals surface area contributed by atoms with Crippen LogP contribution in [0.3, 0.4) is 0 Å². The van der Waals surface area contributed by atoms with Crippen molar-refractivity contribution in [3.63, 3.8) is 0 Å². The maximum absolute atomic E-state index is 12.7. The molecule has 0 atom stereocenters. The average molecular weight is 277 g/mol. The number of halogens is 3. The van der Waals surface area contributed by atoms with Crippen molar-refractivity contribution >= 4 is 11.0 Å². The number of nitrogens with zero attached hydrogens (tertiary/aromatic N) is 3. The minimum Gasteiger partial charge on any atom is -0.240 e. The quantitative estimate of drug-likeness (QED) is 0.717. The monoisotopic (exact) mass is 277 g/mol. The molecule has 0 aliphatic carbocycles. The zero-order chi connectivity index (χ0) is 14.2. The van der Waals surface area contributed by atoms with E-state index in [1.165, 1.54) is 10.7 Å². The van der Waals surface area contributed by atoms with Crippen LogP contribution in [0, 0.1) is 0 Å². The standard InChI is InChI=1S/C14H10F3N3/c15-14(16,17)11-6-7-12-13(8-11)20(19-18-12)9-10-4-2-1-3-5-10/h1-8H,9H2. The molecule has 3 rings (SSSR count). The number of alkyl halides is 3. The molecule has 6 heteroatoms. The maximum Gasteiger partial charge on any atom is 0.416 e. The Bertz CT molecular complexity index is 732. The van der Waals surface area contributed by atoms with Crippen LogP contribution in [-0.2, 0) is 12.7 Å². The lowest BCUT2D eigenvalue weighted by Crippen LogP contribution is -2.06. The third-order valence-electron chi connectivity index (χ3n) is 3.02.